The Hall–Kier alpha value is -1.85. The molecule has 1 aliphatic rings. The van der Waals surface area contributed by atoms with E-state index in [0.29, 0.717) is 4.57 Å². The summed E-state index contributed by atoms with van der Waals surface area (Å²) < 4.78 is 60.5. The van der Waals surface area contributed by atoms with Crippen molar-refractivity contribution in [3.8, 4) is 5.75 Å². The summed E-state index contributed by atoms with van der Waals surface area (Å²) in [6.45, 7) is -1.58. The van der Waals surface area contributed by atoms with Crippen molar-refractivity contribution in [2.75, 3.05) is 20.3 Å². The minimum Gasteiger partial charge on any atom is -0.475 e. The Balaban J connectivity index is 2.09. The van der Waals surface area contributed by atoms with Gasteiger partial charge >= 0.3 is 35.6 Å². The van der Waals surface area contributed by atoms with Gasteiger partial charge in [0.1, 0.15) is 24.9 Å². The molecule has 19 nitrogen and oxygen atoms in total. The molecular weight excluding hydrogens is 537 g/mol. The zero-order valence-corrected chi connectivity index (χ0v) is 19.4. The molecule has 6 N–H and O–H groups in total. The van der Waals surface area contributed by atoms with E-state index in [1.54, 1.807) is 0 Å². The number of hydrogen-bond donors (Lipinski definition) is 6. The van der Waals surface area contributed by atoms with Gasteiger partial charge in [0.2, 0.25) is 5.75 Å². The minimum atomic E-state index is -5.50. The largest absolute Gasteiger partial charge is 0.708 e. The average Bonchev–Trinajstić information content (AvgIpc) is 2.97. The Labute approximate surface area is 188 Å². The Morgan fingerprint density at radius 2 is 1.88 bits per heavy atom. The van der Waals surface area contributed by atoms with Gasteiger partial charge in [0.25, 0.3) is 5.56 Å². The minimum absolute atomic E-state index is 0.546. The summed E-state index contributed by atoms with van der Waals surface area (Å²) in [5.74, 6) is -1.40. The van der Waals surface area contributed by atoms with Crippen LogP contribution >= 0.6 is 23.9 Å². The van der Waals surface area contributed by atoms with Crippen LogP contribution in [0.2, 0.25) is 0 Å². The molecule has 2 heterocycles. The number of esters is 1. The number of aliphatic hydroxyl groups excluding tert-OH is 2. The normalized spacial score (nSPS) is 24.9. The average molecular weight is 555 g/mol. The lowest BCUT2D eigenvalue weighted by Gasteiger charge is -2.17. The van der Waals surface area contributed by atoms with Crippen molar-refractivity contribution in [3.05, 3.63) is 27.0 Å². The van der Waals surface area contributed by atoms with Gasteiger partial charge in [-0.1, -0.05) is 0 Å². The Morgan fingerprint density at radius 3 is 2.47 bits per heavy atom. The van der Waals surface area contributed by atoms with Crippen molar-refractivity contribution in [1.29, 1.82) is 0 Å². The van der Waals surface area contributed by atoms with E-state index >= 15 is 0 Å². The number of aliphatic hydroxyl groups is 2. The third-order valence-corrected chi connectivity index (χ3v) is 7.24. The van der Waals surface area contributed by atoms with Crippen LogP contribution in [0.5, 0.6) is 5.75 Å². The van der Waals surface area contributed by atoms with Crippen LogP contribution in [0.15, 0.2) is 15.8 Å². The zero-order valence-electron chi connectivity index (χ0n) is 16.7. The van der Waals surface area contributed by atoms with E-state index in [1.807, 2.05) is 4.98 Å². The number of methoxy groups -OCH3 is 1. The summed E-state index contributed by atoms with van der Waals surface area (Å²) in [7, 11) is -13.5. The first kappa shape index (κ1) is 28.4. The van der Waals surface area contributed by atoms with Gasteiger partial charge in [-0.3, -0.25) is 19.2 Å². The van der Waals surface area contributed by atoms with Gasteiger partial charge in [0, 0.05) is 4.57 Å². The number of carbonyl (C=O) groups excluding carboxylic acids is 1. The molecule has 34 heavy (non-hydrogen) atoms. The van der Waals surface area contributed by atoms with Crippen molar-refractivity contribution >= 4 is 29.9 Å². The molecule has 1 aliphatic heterocycles. The molecule has 0 aliphatic carbocycles. The van der Waals surface area contributed by atoms with Gasteiger partial charge in [-0.05, 0) is 4.31 Å². The highest BCUT2D eigenvalue weighted by atomic mass is 31.3. The van der Waals surface area contributed by atoms with Gasteiger partial charge in [-0.2, -0.15) is 4.31 Å². The highest BCUT2D eigenvalue weighted by molar-refractivity contribution is 7.64. The topological polar surface area (TPSA) is 280 Å². The number of hydrogen-bond acceptors (Lipinski definition) is 14. The van der Waals surface area contributed by atoms with E-state index in [2.05, 4.69) is 17.9 Å². The van der Waals surface area contributed by atoms with Crippen LogP contribution in [0.3, 0.4) is 0 Å². The number of ether oxygens (including phenoxy) is 3. The third-order valence-electron chi connectivity index (χ3n) is 3.84. The molecule has 22 heteroatoms. The highest BCUT2D eigenvalue weighted by Crippen LogP contribution is 2.61. The predicted octanol–water partition coefficient (Wildman–Crippen LogP) is -2.39. The Bertz CT molecular complexity index is 1130. The Morgan fingerprint density at radius 1 is 1.24 bits per heavy atom. The molecule has 0 saturated carbocycles. The smallest absolute Gasteiger partial charge is 0.475 e. The van der Waals surface area contributed by atoms with Crippen molar-refractivity contribution in [1.82, 2.24) is 9.55 Å². The molecule has 1 aromatic rings. The van der Waals surface area contributed by atoms with Crippen molar-refractivity contribution < 1.29 is 70.7 Å². The summed E-state index contributed by atoms with van der Waals surface area (Å²) in [6, 6.07) is 0. The fourth-order valence-electron chi connectivity index (χ4n) is 2.44. The van der Waals surface area contributed by atoms with Gasteiger partial charge in [0.05, 0.1) is 13.3 Å². The van der Waals surface area contributed by atoms with E-state index in [0.717, 1.165) is 13.3 Å². The van der Waals surface area contributed by atoms with Crippen molar-refractivity contribution in [2.24, 2.45) is 0 Å². The lowest BCUT2D eigenvalue weighted by atomic mass is 10.1. The molecule has 2 rings (SSSR count). The number of phosphoric acid groups is 2. The maximum atomic E-state index is 12.1. The summed E-state index contributed by atoms with van der Waals surface area (Å²) in [5, 5.41) is 20.3. The van der Waals surface area contributed by atoms with Gasteiger partial charge in [-0.25, -0.2) is 18.7 Å². The molecule has 6 atom stereocenters. The SMILES string of the molecule is COC(=O)COc1cn(C2OC(CO[P+](=O)OP(=O)(O)OP(=O)(O)O)C(O)C2O)c(=O)[nH]c1=O. The first-order valence-electron chi connectivity index (χ1n) is 8.60. The Kier molecular flexibility index (Phi) is 9.40. The molecule has 6 unspecified atom stereocenters. The molecule has 192 valence electrons. The van der Waals surface area contributed by atoms with E-state index in [9.17, 15) is 38.3 Å². The van der Waals surface area contributed by atoms with Crippen molar-refractivity contribution in [2.45, 2.75) is 24.5 Å². The van der Waals surface area contributed by atoms with E-state index < -0.39 is 84.6 Å². The lowest BCUT2D eigenvalue weighted by molar-refractivity contribution is -0.143. The fourth-order valence-corrected chi connectivity index (χ4v) is 5.04. The number of nitrogens with zero attached hydrogens (tertiary/aromatic N) is 1. The second kappa shape index (κ2) is 11.3. The van der Waals surface area contributed by atoms with Gasteiger partial charge in [0.15, 0.2) is 12.8 Å². The molecule has 0 spiro atoms. The molecule has 1 fully saturated rings. The molecule has 0 aromatic carbocycles. The first-order valence-corrected chi connectivity index (χ1v) is 12.7. The van der Waals surface area contributed by atoms with Crippen LogP contribution in [0, 0.1) is 0 Å². The third kappa shape index (κ3) is 7.84. The first-order chi connectivity index (χ1) is 15.6. The number of rotatable bonds is 11. The monoisotopic (exact) mass is 555 g/mol. The van der Waals surface area contributed by atoms with Crippen LogP contribution in [-0.2, 0) is 41.1 Å². The second-order valence-corrected chi connectivity index (χ2v) is 10.1. The van der Waals surface area contributed by atoms with Gasteiger partial charge in [-0.15, -0.1) is 4.52 Å². The number of H-pyrrole nitrogens is 1. The van der Waals surface area contributed by atoms with Crippen LogP contribution in [0.4, 0.5) is 0 Å². The lowest BCUT2D eigenvalue weighted by Crippen LogP contribution is -2.38. The van der Waals surface area contributed by atoms with Crippen molar-refractivity contribution in [3.63, 3.8) is 0 Å². The number of aromatic amines is 1. The standard InChI is InChI=1S/C12H17N2O17P3/c1-26-7(15)4-27-5-2-14(12(19)13-10(5)18)11-9(17)8(16)6(29-11)3-28-32(20)30-34(24,25)31-33(21,22)23/h2,6,8-9,11,16-17H,3-4H2,1H3,(H3-,13,18,19,21,22,23,24,25)/p+1. The molecule has 1 aromatic heterocycles. The van der Waals surface area contributed by atoms with Crippen LogP contribution in [0.1, 0.15) is 6.23 Å². The zero-order chi connectivity index (χ0) is 25.8. The number of nitrogens with one attached hydrogen (secondary N) is 1. The van der Waals surface area contributed by atoms with E-state index in [1.165, 1.54) is 0 Å². The molecule has 0 bridgehead atoms. The van der Waals surface area contributed by atoms with Crippen LogP contribution < -0.4 is 16.0 Å². The van der Waals surface area contributed by atoms with Gasteiger partial charge < -0.3 is 34.2 Å². The maximum absolute atomic E-state index is 12.1. The predicted molar refractivity (Wildman–Crippen MR) is 102 cm³/mol. The number of carbonyl (C=O) groups is 1. The fraction of sp³-hybridized carbons (Fsp3) is 0.583. The highest BCUT2D eigenvalue weighted by Gasteiger charge is 2.48. The summed E-state index contributed by atoms with van der Waals surface area (Å²) in [5.41, 5.74) is -2.14. The summed E-state index contributed by atoms with van der Waals surface area (Å²) >= 11 is 0. The summed E-state index contributed by atoms with van der Waals surface area (Å²) in [6.07, 6.45) is -6.03. The van der Waals surface area contributed by atoms with E-state index in [-0.39, 0.29) is 0 Å². The maximum Gasteiger partial charge on any atom is 0.708 e. The second-order valence-electron chi connectivity index (χ2n) is 6.21. The van der Waals surface area contributed by atoms with E-state index in [4.69, 9.17) is 24.2 Å². The molecule has 1 saturated heterocycles. The summed E-state index contributed by atoms with van der Waals surface area (Å²) in [4.78, 5) is 63.0. The van der Waals surface area contributed by atoms with Crippen LogP contribution in [0.25, 0.3) is 0 Å². The molecule has 0 radical (unpaired) electrons. The quantitative estimate of drug-likeness (QED) is 0.123. The van der Waals surface area contributed by atoms with Crippen LogP contribution in [-0.4, -0.2) is 79.0 Å². The molecular formula is C12H18N2O17P3+. The number of aromatic nitrogens is 2. The molecule has 0 amide bonds.